The molecule has 0 saturated carbocycles. The first kappa shape index (κ1) is 14.6. The quantitative estimate of drug-likeness (QED) is 0.901. The monoisotopic (exact) mass is 348 g/mol. The van der Waals surface area contributed by atoms with Crippen molar-refractivity contribution in [1.82, 2.24) is 15.1 Å². The summed E-state index contributed by atoms with van der Waals surface area (Å²) in [6.45, 7) is 4.19. The Morgan fingerprint density at radius 3 is 3.05 bits per heavy atom. The van der Waals surface area contributed by atoms with E-state index in [0.717, 1.165) is 36.3 Å². The van der Waals surface area contributed by atoms with E-state index >= 15 is 0 Å². The fraction of sp³-hybridized carbons (Fsp3) is 0.438. The van der Waals surface area contributed by atoms with Gasteiger partial charge in [0.2, 0.25) is 0 Å². The van der Waals surface area contributed by atoms with Crippen LogP contribution < -0.4 is 10.2 Å². The van der Waals surface area contributed by atoms with Crippen LogP contribution in [0.4, 0.5) is 5.69 Å². The first-order chi connectivity index (χ1) is 10.2. The van der Waals surface area contributed by atoms with Gasteiger partial charge in [-0.1, -0.05) is 22.0 Å². The minimum absolute atomic E-state index is 0.715. The molecule has 2 heterocycles. The molecule has 0 unspecified atom stereocenters. The number of anilines is 1. The lowest BCUT2D eigenvalue weighted by atomic mass is 10.1. The molecule has 21 heavy (non-hydrogen) atoms. The molecule has 1 aromatic heterocycles. The highest BCUT2D eigenvalue weighted by Crippen LogP contribution is 2.25. The van der Waals surface area contributed by atoms with Gasteiger partial charge in [0.05, 0.1) is 5.69 Å². The van der Waals surface area contributed by atoms with Crippen LogP contribution in [0.2, 0.25) is 0 Å². The second kappa shape index (κ2) is 6.62. The molecule has 1 fully saturated rings. The standard InChI is InChI=1S/C16H21BrN4/c1-20-7-6-15(19-20)11-18-10-13-5-8-21(12-13)16-4-2-3-14(17)9-16/h2-4,6-7,9,13,18H,5,8,10-12H2,1H3/t13-/m1/s1. The van der Waals surface area contributed by atoms with Crippen molar-refractivity contribution in [2.75, 3.05) is 24.5 Å². The Labute approximate surface area is 134 Å². The zero-order valence-corrected chi connectivity index (χ0v) is 13.9. The summed E-state index contributed by atoms with van der Waals surface area (Å²) >= 11 is 3.55. The summed E-state index contributed by atoms with van der Waals surface area (Å²) in [7, 11) is 1.95. The van der Waals surface area contributed by atoms with Gasteiger partial charge in [-0.15, -0.1) is 0 Å². The smallest absolute Gasteiger partial charge is 0.0762 e. The number of rotatable bonds is 5. The van der Waals surface area contributed by atoms with Crippen LogP contribution in [-0.4, -0.2) is 29.4 Å². The third-order valence-electron chi connectivity index (χ3n) is 3.97. The maximum atomic E-state index is 4.39. The van der Waals surface area contributed by atoms with E-state index < -0.39 is 0 Å². The van der Waals surface area contributed by atoms with Crippen LogP contribution >= 0.6 is 15.9 Å². The van der Waals surface area contributed by atoms with Gasteiger partial charge in [0, 0.05) is 49.6 Å². The van der Waals surface area contributed by atoms with E-state index in [1.54, 1.807) is 0 Å². The van der Waals surface area contributed by atoms with Gasteiger partial charge in [-0.05, 0) is 36.6 Å². The van der Waals surface area contributed by atoms with Crippen LogP contribution in [0.3, 0.4) is 0 Å². The van der Waals surface area contributed by atoms with Crippen molar-refractivity contribution < 1.29 is 0 Å². The fourth-order valence-corrected chi connectivity index (χ4v) is 3.26. The lowest BCUT2D eigenvalue weighted by molar-refractivity contribution is 0.512. The Hall–Kier alpha value is -1.33. The maximum absolute atomic E-state index is 4.39. The minimum atomic E-state index is 0.715. The van der Waals surface area contributed by atoms with Crippen LogP contribution in [0, 0.1) is 5.92 Å². The Balaban J connectivity index is 1.46. The predicted octanol–water partition coefficient (Wildman–Crippen LogP) is 2.80. The topological polar surface area (TPSA) is 33.1 Å². The number of nitrogens with one attached hydrogen (secondary N) is 1. The predicted molar refractivity (Wildman–Crippen MR) is 89.4 cm³/mol. The molecule has 0 aliphatic carbocycles. The molecule has 0 radical (unpaired) electrons. The van der Waals surface area contributed by atoms with Crippen LogP contribution in [0.15, 0.2) is 41.0 Å². The number of hydrogen-bond donors (Lipinski definition) is 1. The fourth-order valence-electron chi connectivity index (χ4n) is 2.87. The molecule has 5 heteroatoms. The first-order valence-electron chi connectivity index (χ1n) is 7.40. The van der Waals surface area contributed by atoms with Crippen molar-refractivity contribution in [3.05, 3.63) is 46.7 Å². The molecule has 1 saturated heterocycles. The van der Waals surface area contributed by atoms with Crippen LogP contribution in [0.25, 0.3) is 0 Å². The molecule has 1 N–H and O–H groups in total. The van der Waals surface area contributed by atoms with Gasteiger partial charge in [-0.2, -0.15) is 5.10 Å². The van der Waals surface area contributed by atoms with E-state index in [4.69, 9.17) is 0 Å². The molecule has 0 spiro atoms. The van der Waals surface area contributed by atoms with Gasteiger partial charge in [-0.3, -0.25) is 4.68 Å². The minimum Gasteiger partial charge on any atom is -0.371 e. The van der Waals surface area contributed by atoms with Crippen LogP contribution in [0.1, 0.15) is 12.1 Å². The SMILES string of the molecule is Cn1ccc(CNC[C@H]2CCN(c3cccc(Br)c3)C2)n1. The number of aryl methyl sites for hydroxylation is 1. The van der Waals surface area contributed by atoms with E-state index in [0.29, 0.717) is 5.92 Å². The van der Waals surface area contributed by atoms with E-state index in [-0.39, 0.29) is 0 Å². The summed E-state index contributed by atoms with van der Waals surface area (Å²) in [6.07, 6.45) is 3.24. The Kier molecular flexibility index (Phi) is 4.60. The average molecular weight is 349 g/mol. The van der Waals surface area contributed by atoms with E-state index in [1.807, 2.05) is 17.9 Å². The Morgan fingerprint density at radius 2 is 2.29 bits per heavy atom. The van der Waals surface area contributed by atoms with Gasteiger partial charge in [0.15, 0.2) is 0 Å². The molecule has 0 amide bonds. The first-order valence-corrected chi connectivity index (χ1v) is 8.20. The summed E-state index contributed by atoms with van der Waals surface area (Å²) in [5.41, 5.74) is 2.43. The van der Waals surface area contributed by atoms with Crippen LogP contribution in [0.5, 0.6) is 0 Å². The summed E-state index contributed by atoms with van der Waals surface area (Å²) in [6, 6.07) is 10.6. The highest BCUT2D eigenvalue weighted by atomic mass is 79.9. The molecule has 1 atom stereocenters. The third kappa shape index (κ3) is 3.86. The number of hydrogen-bond acceptors (Lipinski definition) is 3. The summed E-state index contributed by atoms with van der Waals surface area (Å²) in [5, 5.41) is 7.91. The third-order valence-corrected chi connectivity index (χ3v) is 4.46. The van der Waals surface area contributed by atoms with Crippen molar-refractivity contribution in [1.29, 1.82) is 0 Å². The zero-order valence-electron chi connectivity index (χ0n) is 12.3. The number of nitrogens with zero attached hydrogens (tertiary/aromatic N) is 3. The highest BCUT2D eigenvalue weighted by Gasteiger charge is 2.22. The van der Waals surface area contributed by atoms with Crippen molar-refractivity contribution >= 4 is 21.6 Å². The molecule has 112 valence electrons. The van der Waals surface area contributed by atoms with Gasteiger partial charge in [-0.25, -0.2) is 0 Å². The molecule has 4 nitrogen and oxygen atoms in total. The maximum Gasteiger partial charge on any atom is 0.0762 e. The molecule has 1 aliphatic heterocycles. The number of halogens is 1. The Bertz CT molecular complexity index is 595. The molecule has 1 aliphatic rings. The molecule has 0 bridgehead atoms. The molecule has 2 aromatic rings. The van der Waals surface area contributed by atoms with E-state index in [1.165, 1.54) is 12.1 Å². The summed E-state index contributed by atoms with van der Waals surface area (Å²) in [4.78, 5) is 2.47. The largest absolute Gasteiger partial charge is 0.371 e. The molecular formula is C16H21BrN4. The van der Waals surface area contributed by atoms with Crippen LogP contribution in [-0.2, 0) is 13.6 Å². The highest BCUT2D eigenvalue weighted by molar-refractivity contribution is 9.10. The second-order valence-electron chi connectivity index (χ2n) is 5.69. The van der Waals surface area contributed by atoms with Gasteiger partial charge < -0.3 is 10.2 Å². The normalized spacial score (nSPS) is 18.4. The lowest BCUT2D eigenvalue weighted by Crippen LogP contribution is -2.26. The Morgan fingerprint density at radius 1 is 1.38 bits per heavy atom. The van der Waals surface area contributed by atoms with Crippen molar-refractivity contribution in [3.8, 4) is 0 Å². The average Bonchev–Trinajstić information content (AvgIpc) is 3.08. The van der Waals surface area contributed by atoms with Crippen molar-refractivity contribution in [2.24, 2.45) is 13.0 Å². The summed E-state index contributed by atoms with van der Waals surface area (Å²) in [5.74, 6) is 0.715. The number of aromatic nitrogens is 2. The number of benzene rings is 1. The van der Waals surface area contributed by atoms with E-state index in [9.17, 15) is 0 Å². The van der Waals surface area contributed by atoms with Gasteiger partial charge in [0.1, 0.15) is 0 Å². The lowest BCUT2D eigenvalue weighted by Gasteiger charge is -2.19. The molecule has 1 aromatic carbocycles. The van der Waals surface area contributed by atoms with Gasteiger partial charge in [0.25, 0.3) is 0 Å². The van der Waals surface area contributed by atoms with Gasteiger partial charge >= 0.3 is 0 Å². The van der Waals surface area contributed by atoms with Crippen molar-refractivity contribution in [2.45, 2.75) is 13.0 Å². The van der Waals surface area contributed by atoms with Crippen molar-refractivity contribution in [3.63, 3.8) is 0 Å². The van der Waals surface area contributed by atoms with E-state index in [2.05, 4.69) is 61.6 Å². The zero-order chi connectivity index (χ0) is 14.7. The second-order valence-corrected chi connectivity index (χ2v) is 6.61. The molecular weight excluding hydrogens is 328 g/mol. The molecule has 3 rings (SSSR count). The summed E-state index contributed by atoms with van der Waals surface area (Å²) < 4.78 is 3.00.